The maximum Gasteiger partial charge on any atom is 0.220 e. The van der Waals surface area contributed by atoms with Gasteiger partial charge < -0.3 is 10.6 Å². The second-order valence-electron chi connectivity index (χ2n) is 4.74. The van der Waals surface area contributed by atoms with Crippen molar-refractivity contribution in [1.82, 2.24) is 10.6 Å². The second-order valence-corrected chi connectivity index (χ2v) is 5.18. The summed E-state index contributed by atoms with van der Waals surface area (Å²) < 4.78 is 0. The zero-order chi connectivity index (χ0) is 13.0. The minimum Gasteiger partial charge on any atom is -0.346 e. The largest absolute Gasteiger partial charge is 0.346 e. The molecule has 0 spiro atoms. The molecular weight excluding hydrogens is 248 g/mol. The van der Waals surface area contributed by atoms with Crippen molar-refractivity contribution in [2.24, 2.45) is 0 Å². The van der Waals surface area contributed by atoms with Crippen LogP contribution in [0.5, 0.6) is 0 Å². The van der Waals surface area contributed by atoms with Crippen molar-refractivity contribution in [2.75, 3.05) is 13.1 Å². The third kappa shape index (κ3) is 2.85. The van der Waals surface area contributed by atoms with Gasteiger partial charge in [-0.05, 0) is 43.6 Å². The Morgan fingerprint density at radius 2 is 1.94 bits per heavy atom. The van der Waals surface area contributed by atoms with Gasteiger partial charge in [0.1, 0.15) is 0 Å². The van der Waals surface area contributed by atoms with E-state index in [2.05, 4.69) is 10.6 Å². The molecule has 4 heteroatoms. The van der Waals surface area contributed by atoms with E-state index in [0.29, 0.717) is 6.42 Å². The molecule has 2 N–H and O–H groups in total. The van der Waals surface area contributed by atoms with Gasteiger partial charge in [-0.25, -0.2) is 0 Å². The summed E-state index contributed by atoms with van der Waals surface area (Å²) in [6.45, 7) is 3.73. The molecule has 1 aromatic rings. The first-order valence-electron chi connectivity index (χ1n) is 6.44. The van der Waals surface area contributed by atoms with Gasteiger partial charge in [0.25, 0.3) is 0 Å². The number of nitrogens with one attached hydrogen (secondary N) is 2. The summed E-state index contributed by atoms with van der Waals surface area (Å²) in [5.74, 6) is 0.104. The van der Waals surface area contributed by atoms with Gasteiger partial charge in [-0.2, -0.15) is 0 Å². The SMILES string of the molecule is CCC(=O)NC1(c2ccc(Cl)cc2)CCNCC1. The van der Waals surface area contributed by atoms with Crippen molar-refractivity contribution in [2.45, 2.75) is 31.7 Å². The van der Waals surface area contributed by atoms with E-state index in [-0.39, 0.29) is 11.4 Å². The monoisotopic (exact) mass is 266 g/mol. The van der Waals surface area contributed by atoms with E-state index in [1.165, 1.54) is 0 Å². The van der Waals surface area contributed by atoms with Crippen LogP contribution in [0.3, 0.4) is 0 Å². The molecule has 1 saturated heterocycles. The molecule has 3 nitrogen and oxygen atoms in total. The molecule has 0 aromatic heterocycles. The minimum atomic E-state index is -0.233. The average molecular weight is 267 g/mol. The maximum absolute atomic E-state index is 11.8. The summed E-state index contributed by atoms with van der Waals surface area (Å²) in [6, 6.07) is 7.81. The van der Waals surface area contributed by atoms with Crippen LogP contribution in [0, 0.1) is 0 Å². The standard InChI is InChI=1S/C14H19ClN2O/c1-2-13(18)17-14(7-9-16-10-8-14)11-3-5-12(15)6-4-11/h3-6,16H,2,7-10H2,1H3,(H,17,18). The van der Waals surface area contributed by atoms with Gasteiger partial charge >= 0.3 is 0 Å². The van der Waals surface area contributed by atoms with E-state index in [1.54, 1.807) is 0 Å². The highest BCUT2D eigenvalue weighted by Gasteiger charge is 2.34. The van der Waals surface area contributed by atoms with Crippen molar-refractivity contribution in [1.29, 1.82) is 0 Å². The predicted octanol–water partition coefficient (Wildman–Crippen LogP) is 2.44. The number of hydrogen-bond acceptors (Lipinski definition) is 2. The Balaban J connectivity index is 2.28. The summed E-state index contributed by atoms with van der Waals surface area (Å²) in [4.78, 5) is 11.8. The predicted molar refractivity (Wildman–Crippen MR) is 73.7 cm³/mol. The quantitative estimate of drug-likeness (QED) is 0.882. The summed E-state index contributed by atoms with van der Waals surface area (Å²) >= 11 is 5.93. The van der Waals surface area contributed by atoms with Crippen LogP contribution in [0.1, 0.15) is 31.7 Å². The minimum absolute atomic E-state index is 0.104. The Hall–Kier alpha value is -1.06. The Bertz CT molecular complexity index is 410. The number of piperidine rings is 1. The van der Waals surface area contributed by atoms with E-state index in [1.807, 2.05) is 31.2 Å². The Labute approximate surface area is 113 Å². The molecular formula is C14H19ClN2O. The molecule has 2 rings (SSSR count). The van der Waals surface area contributed by atoms with E-state index in [9.17, 15) is 4.79 Å². The number of benzene rings is 1. The number of carbonyl (C=O) groups excluding carboxylic acids is 1. The molecule has 0 atom stereocenters. The first kappa shape index (κ1) is 13.4. The molecule has 98 valence electrons. The van der Waals surface area contributed by atoms with E-state index < -0.39 is 0 Å². The van der Waals surface area contributed by atoms with Crippen molar-refractivity contribution < 1.29 is 4.79 Å². The molecule has 0 unspecified atom stereocenters. The van der Waals surface area contributed by atoms with E-state index >= 15 is 0 Å². The first-order chi connectivity index (χ1) is 8.66. The summed E-state index contributed by atoms with van der Waals surface area (Å²) in [5, 5.41) is 7.26. The van der Waals surface area contributed by atoms with Crippen LogP contribution in [0.4, 0.5) is 0 Å². The smallest absolute Gasteiger partial charge is 0.220 e. The number of halogens is 1. The van der Waals surface area contributed by atoms with Crippen LogP contribution in [0.15, 0.2) is 24.3 Å². The van der Waals surface area contributed by atoms with Crippen LogP contribution >= 0.6 is 11.6 Å². The van der Waals surface area contributed by atoms with Gasteiger partial charge in [0.2, 0.25) is 5.91 Å². The van der Waals surface area contributed by atoms with Crippen molar-refractivity contribution in [3.8, 4) is 0 Å². The maximum atomic E-state index is 11.8. The van der Waals surface area contributed by atoms with Crippen LogP contribution in [-0.2, 0) is 10.3 Å². The van der Waals surface area contributed by atoms with Gasteiger partial charge in [-0.3, -0.25) is 4.79 Å². The zero-order valence-corrected chi connectivity index (χ0v) is 11.4. The van der Waals surface area contributed by atoms with Gasteiger partial charge in [0, 0.05) is 11.4 Å². The fourth-order valence-corrected chi connectivity index (χ4v) is 2.59. The topological polar surface area (TPSA) is 41.1 Å². The Morgan fingerprint density at radius 3 is 2.50 bits per heavy atom. The highest BCUT2D eigenvalue weighted by molar-refractivity contribution is 6.30. The molecule has 18 heavy (non-hydrogen) atoms. The van der Waals surface area contributed by atoms with Gasteiger partial charge in [-0.1, -0.05) is 30.7 Å². The Kier molecular flexibility index (Phi) is 4.25. The van der Waals surface area contributed by atoms with Crippen molar-refractivity contribution in [3.63, 3.8) is 0 Å². The lowest BCUT2D eigenvalue weighted by Gasteiger charge is -2.39. The lowest BCUT2D eigenvalue weighted by molar-refractivity contribution is -0.123. The van der Waals surface area contributed by atoms with Gasteiger partial charge in [0.05, 0.1) is 5.54 Å². The fraction of sp³-hybridized carbons (Fsp3) is 0.500. The van der Waals surface area contributed by atoms with Gasteiger partial charge in [0.15, 0.2) is 0 Å². The molecule has 1 fully saturated rings. The molecule has 1 aliphatic rings. The number of rotatable bonds is 3. The average Bonchev–Trinajstić information content (AvgIpc) is 2.40. The molecule has 0 aliphatic carbocycles. The summed E-state index contributed by atoms with van der Waals surface area (Å²) in [6.07, 6.45) is 2.35. The normalized spacial score (nSPS) is 18.3. The molecule has 0 bridgehead atoms. The number of carbonyl (C=O) groups is 1. The van der Waals surface area contributed by atoms with Crippen LogP contribution in [0.25, 0.3) is 0 Å². The molecule has 0 saturated carbocycles. The zero-order valence-electron chi connectivity index (χ0n) is 10.6. The number of hydrogen-bond donors (Lipinski definition) is 2. The fourth-order valence-electron chi connectivity index (χ4n) is 2.46. The van der Waals surface area contributed by atoms with Gasteiger partial charge in [-0.15, -0.1) is 0 Å². The molecule has 1 amide bonds. The lowest BCUT2D eigenvalue weighted by Crippen LogP contribution is -2.52. The van der Waals surface area contributed by atoms with Crippen molar-refractivity contribution in [3.05, 3.63) is 34.9 Å². The summed E-state index contributed by atoms with van der Waals surface area (Å²) in [7, 11) is 0. The van der Waals surface area contributed by atoms with E-state index in [0.717, 1.165) is 36.5 Å². The van der Waals surface area contributed by atoms with Crippen LogP contribution < -0.4 is 10.6 Å². The lowest BCUT2D eigenvalue weighted by atomic mass is 9.81. The van der Waals surface area contributed by atoms with Crippen LogP contribution in [0.2, 0.25) is 5.02 Å². The highest BCUT2D eigenvalue weighted by atomic mass is 35.5. The molecule has 1 aliphatic heterocycles. The van der Waals surface area contributed by atoms with Crippen molar-refractivity contribution >= 4 is 17.5 Å². The first-order valence-corrected chi connectivity index (χ1v) is 6.82. The van der Waals surface area contributed by atoms with Crippen LogP contribution in [-0.4, -0.2) is 19.0 Å². The third-order valence-electron chi connectivity index (χ3n) is 3.55. The molecule has 1 aromatic carbocycles. The summed E-state index contributed by atoms with van der Waals surface area (Å²) in [5.41, 5.74) is 0.915. The number of amides is 1. The second kappa shape index (κ2) is 5.72. The molecule has 1 heterocycles. The molecule has 0 radical (unpaired) electrons. The Morgan fingerprint density at radius 1 is 1.33 bits per heavy atom. The highest BCUT2D eigenvalue weighted by Crippen LogP contribution is 2.31. The third-order valence-corrected chi connectivity index (χ3v) is 3.81. The van der Waals surface area contributed by atoms with E-state index in [4.69, 9.17) is 11.6 Å².